The Morgan fingerprint density at radius 2 is 2.10 bits per heavy atom. The molecular formula is C13H22N2O5S. The Morgan fingerprint density at radius 1 is 1.33 bits per heavy atom. The maximum absolute atomic E-state index is 12.0. The van der Waals surface area contributed by atoms with Crippen LogP contribution in [-0.4, -0.2) is 68.5 Å². The predicted molar refractivity (Wildman–Crippen MR) is 76.4 cm³/mol. The number of ether oxygens (including phenoxy) is 1. The average molecular weight is 318 g/mol. The smallest absolute Gasteiger partial charge is 0.323 e. The Hall–Kier alpha value is -1.15. The van der Waals surface area contributed by atoms with E-state index < -0.39 is 9.84 Å². The highest BCUT2D eigenvalue weighted by Crippen LogP contribution is 2.18. The molecule has 1 amide bonds. The van der Waals surface area contributed by atoms with E-state index in [-0.39, 0.29) is 42.0 Å². The Labute approximate surface area is 124 Å². The Morgan fingerprint density at radius 3 is 2.71 bits per heavy atom. The first kappa shape index (κ1) is 16.2. The van der Waals surface area contributed by atoms with Crippen LogP contribution in [0.15, 0.2) is 0 Å². The third-order valence-electron chi connectivity index (χ3n) is 3.87. The van der Waals surface area contributed by atoms with Crippen LogP contribution in [0, 0.1) is 0 Å². The largest absolute Gasteiger partial charge is 0.465 e. The van der Waals surface area contributed by atoms with Gasteiger partial charge in [-0.15, -0.1) is 0 Å². The van der Waals surface area contributed by atoms with Gasteiger partial charge in [-0.1, -0.05) is 0 Å². The fraction of sp³-hybridized carbons (Fsp3) is 0.846. The van der Waals surface area contributed by atoms with Gasteiger partial charge in [0.25, 0.3) is 0 Å². The molecule has 0 aromatic rings. The van der Waals surface area contributed by atoms with E-state index >= 15 is 0 Å². The van der Waals surface area contributed by atoms with E-state index in [0.29, 0.717) is 26.0 Å². The summed E-state index contributed by atoms with van der Waals surface area (Å²) >= 11 is 0. The summed E-state index contributed by atoms with van der Waals surface area (Å²) in [5.41, 5.74) is 0. The average Bonchev–Trinajstić information content (AvgIpc) is 2.96. The van der Waals surface area contributed by atoms with Crippen molar-refractivity contribution in [3.63, 3.8) is 0 Å². The maximum atomic E-state index is 12.0. The van der Waals surface area contributed by atoms with Crippen LogP contribution in [0.25, 0.3) is 0 Å². The van der Waals surface area contributed by atoms with Gasteiger partial charge in [-0.05, 0) is 32.7 Å². The Balaban J connectivity index is 1.83. The summed E-state index contributed by atoms with van der Waals surface area (Å²) in [6.07, 6.45) is 2.02. The van der Waals surface area contributed by atoms with Crippen LogP contribution >= 0.6 is 0 Å². The van der Waals surface area contributed by atoms with Gasteiger partial charge in [-0.25, -0.2) is 8.42 Å². The molecule has 120 valence electrons. The first-order valence-electron chi connectivity index (χ1n) is 7.32. The van der Waals surface area contributed by atoms with E-state index in [9.17, 15) is 18.0 Å². The van der Waals surface area contributed by atoms with Crippen LogP contribution in [0.4, 0.5) is 0 Å². The summed E-state index contributed by atoms with van der Waals surface area (Å²) in [5.74, 6) is -0.368. The fourth-order valence-corrected chi connectivity index (χ4v) is 4.56. The number of likely N-dealkylation sites (tertiary alicyclic amines) is 1. The van der Waals surface area contributed by atoms with Crippen molar-refractivity contribution in [2.24, 2.45) is 0 Å². The number of carbonyl (C=O) groups is 2. The number of nitrogens with one attached hydrogen (secondary N) is 1. The molecule has 0 saturated carbocycles. The zero-order valence-electron chi connectivity index (χ0n) is 12.2. The standard InChI is InChI=1S/C13H22N2O5S/c1-2-20-13(17)11-4-3-6-15(11)8-12(16)14-10-5-7-21(18,19)9-10/h10-11H,2-9H2,1H3,(H,14,16). The molecule has 1 N–H and O–H groups in total. The van der Waals surface area contributed by atoms with Crippen molar-refractivity contribution in [3.8, 4) is 0 Å². The summed E-state index contributed by atoms with van der Waals surface area (Å²) in [5, 5.41) is 2.74. The topological polar surface area (TPSA) is 92.8 Å². The van der Waals surface area contributed by atoms with Crippen molar-refractivity contribution in [1.82, 2.24) is 10.2 Å². The van der Waals surface area contributed by atoms with Crippen molar-refractivity contribution >= 4 is 21.7 Å². The second kappa shape index (κ2) is 6.74. The highest BCUT2D eigenvalue weighted by atomic mass is 32.2. The van der Waals surface area contributed by atoms with Crippen molar-refractivity contribution in [2.45, 2.75) is 38.3 Å². The molecule has 2 saturated heterocycles. The number of esters is 1. The molecule has 0 aromatic carbocycles. The molecule has 2 rings (SSSR count). The number of sulfone groups is 1. The lowest BCUT2D eigenvalue weighted by molar-refractivity contribution is -0.148. The summed E-state index contributed by atoms with van der Waals surface area (Å²) in [4.78, 5) is 25.6. The summed E-state index contributed by atoms with van der Waals surface area (Å²) in [6, 6.07) is -0.658. The minimum absolute atomic E-state index is 0.0139. The Bertz CT molecular complexity index is 505. The number of carbonyl (C=O) groups excluding carboxylic acids is 2. The van der Waals surface area contributed by atoms with E-state index in [1.165, 1.54) is 0 Å². The molecule has 2 unspecified atom stereocenters. The number of rotatable bonds is 5. The van der Waals surface area contributed by atoms with Gasteiger partial charge in [0, 0.05) is 6.04 Å². The second-order valence-electron chi connectivity index (χ2n) is 5.55. The zero-order valence-corrected chi connectivity index (χ0v) is 13.0. The lowest BCUT2D eigenvalue weighted by Crippen LogP contribution is -2.46. The SMILES string of the molecule is CCOC(=O)C1CCCN1CC(=O)NC1CCS(=O)(=O)C1. The van der Waals surface area contributed by atoms with Crippen LogP contribution in [-0.2, 0) is 24.2 Å². The van der Waals surface area contributed by atoms with E-state index in [2.05, 4.69) is 5.32 Å². The molecular weight excluding hydrogens is 296 g/mol. The molecule has 0 radical (unpaired) electrons. The number of hydrogen-bond acceptors (Lipinski definition) is 6. The monoisotopic (exact) mass is 318 g/mol. The molecule has 2 aliphatic rings. The molecule has 2 atom stereocenters. The molecule has 2 aliphatic heterocycles. The molecule has 0 spiro atoms. The predicted octanol–water partition coefficient (Wildman–Crippen LogP) is -0.683. The highest BCUT2D eigenvalue weighted by molar-refractivity contribution is 7.91. The first-order chi connectivity index (χ1) is 9.91. The van der Waals surface area contributed by atoms with Crippen LogP contribution in [0.2, 0.25) is 0 Å². The van der Waals surface area contributed by atoms with Crippen LogP contribution in [0.5, 0.6) is 0 Å². The molecule has 8 heteroatoms. The van der Waals surface area contributed by atoms with Gasteiger partial charge in [0.1, 0.15) is 6.04 Å². The third kappa shape index (κ3) is 4.41. The van der Waals surface area contributed by atoms with Crippen molar-refractivity contribution in [1.29, 1.82) is 0 Å². The van der Waals surface area contributed by atoms with Gasteiger partial charge in [-0.3, -0.25) is 14.5 Å². The molecule has 21 heavy (non-hydrogen) atoms. The van der Waals surface area contributed by atoms with E-state index in [4.69, 9.17) is 4.74 Å². The second-order valence-corrected chi connectivity index (χ2v) is 7.78. The van der Waals surface area contributed by atoms with Crippen LogP contribution in [0.3, 0.4) is 0 Å². The number of amides is 1. The van der Waals surface area contributed by atoms with Crippen LogP contribution in [0.1, 0.15) is 26.2 Å². The van der Waals surface area contributed by atoms with Gasteiger partial charge in [0.2, 0.25) is 5.91 Å². The Kier molecular flexibility index (Phi) is 5.21. The number of nitrogens with zero attached hydrogens (tertiary/aromatic N) is 1. The quantitative estimate of drug-likeness (QED) is 0.675. The maximum Gasteiger partial charge on any atom is 0.323 e. The number of hydrogen-bond donors (Lipinski definition) is 1. The minimum Gasteiger partial charge on any atom is -0.465 e. The van der Waals surface area contributed by atoms with E-state index in [1.807, 2.05) is 0 Å². The van der Waals surface area contributed by atoms with E-state index in [1.54, 1.807) is 11.8 Å². The molecule has 7 nitrogen and oxygen atoms in total. The molecule has 0 aromatic heterocycles. The van der Waals surface area contributed by atoms with Gasteiger partial charge in [0.15, 0.2) is 9.84 Å². The fourth-order valence-electron chi connectivity index (χ4n) is 2.89. The lowest BCUT2D eigenvalue weighted by Gasteiger charge is -2.23. The molecule has 2 heterocycles. The minimum atomic E-state index is -3.00. The van der Waals surface area contributed by atoms with Crippen molar-refractivity contribution in [3.05, 3.63) is 0 Å². The van der Waals surface area contributed by atoms with E-state index in [0.717, 1.165) is 6.42 Å². The third-order valence-corrected chi connectivity index (χ3v) is 5.63. The summed E-state index contributed by atoms with van der Waals surface area (Å²) in [7, 11) is -3.00. The molecule has 2 fully saturated rings. The van der Waals surface area contributed by atoms with Crippen LogP contribution < -0.4 is 5.32 Å². The highest BCUT2D eigenvalue weighted by Gasteiger charge is 2.34. The lowest BCUT2D eigenvalue weighted by atomic mass is 10.2. The van der Waals surface area contributed by atoms with Crippen molar-refractivity contribution < 1.29 is 22.7 Å². The van der Waals surface area contributed by atoms with Gasteiger partial charge < -0.3 is 10.1 Å². The van der Waals surface area contributed by atoms with Crippen molar-refractivity contribution in [2.75, 3.05) is 31.2 Å². The molecule has 0 aliphatic carbocycles. The summed E-state index contributed by atoms with van der Waals surface area (Å²) < 4.78 is 27.7. The van der Waals surface area contributed by atoms with Gasteiger partial charge in [0.05, 0.1) is 24.7 Å². The zero-order chi connectivity index (χ0) is 15.5. The van der Waals surface area contributed by atoms with Gasteiger partial charge in [-0.2, -0.15) is 0 Å². The van der Waals surface area contributed by atoms with Gasteiger partial charge >= 0.3 is 5.97 Å². The molecule has 0 bridgehead atoms. The summed E-state index contributed by atoms with van der Waals surface area (Å²) in [6.45, 7) is 2.87. The normalized spacial score (nSPS) is 28.4. The first-order valence-corrected chi connectivity index (χ1v) is 9.14.